The van der Waals surface area contributed by atoms with Gasteiger partial charge in [-0.2, -0.15) is 0 Å². The second-order valence-corrected chi connectivity index (χ2v) is 7.24. The second kappa shape index (κ2) is 8.63. The highest BCUT2D eigenvalue weighted by Crippen LogP contribution is 2.14. The van der Waals surface area contributed by atoms with E-state index in [1.165, 1.54) is 5.56 Å². The Morgan fingerprint density at radius 2 is 2.19 bits per heavy atom. The smallest absolute Gasteiger partial charge is 0.107 e. The zero-order valence-corrected chi connectivity index (χ0v) is 14.8. The van der Waals surface area contributed by atoms with Crippen LogP contribution in [0.25, 0.3) is 0 Å². The molecule has 0 unspecified atom stereocenters. The lowest BCUT2D eigenvalue weighted by Gasteiger charge is -2.05. The molecular weight excluding hydrogens is 348 g/mol. The maximum atomic E-state index is 5.72. The molecule has 0 spiro atoms. The molecule has 5 heteroatoms. The molecule has 0 bridgehead atoms. The van der Waals surface area contributed by atoms with Gasteiger partial charge in [0.2, 0.25) is 0 Å². The monoisotopic (exact) mass is 368 g/mol. The molecule has 0 atom stereocenters. The fourth-order valence-corrected chi connectivity index (χ4v) is 3.06. The molecule has 1 N–H and O–H groups in total. The van der Waals surface area contributed by atoms with Crippen LogP contribution in [-0.2, 0) is 24.5 Å². The highest BCUT2D eigenvalue weighted by Gasteiger charge is 2.03. The SMILES string of the molecule is CC(C)CNCc1nc(COCc2cccc(Br)c2)cs1. The average molecular weight is 369 g/mol. The molecule has 0 saturated carbocycles. The molecule has 1 heterocycles. The fraction of sp³-hybridized carbons (Fsp3) is 0.438. The average Bonchev–Trinajstić information content (AvgIpc) is 2.86. The van der Waals surface area contributed by atoms with E-state index in [4.69, 9.17) is 4.74 Å². The topological polar surface area (TPSA) is 34.2 Å². The maximum absolute atomic E-state index is 5.72. The van der Waals surface area contributed by atoms with E-state index in [9.17, 15) is 0 Å². The van der Waals surface area contributed by atoms with Gasteiger partial charge in [-0.05, 0) is 30.2 Å². The van der Waals surface area contributed by atoms with Gasteiger partial charge in [0.1, 0.15) is 5.01 Å². The Hall–Kier alpha value is -0.750. The van der Waals surface area contributed by atoms with E-state index in [1.807, 2.05) is 12.1 Å². The Kier molecular flexibility index (Phi) is 6.83. The summed E-state index contributed by atoms with van der Waals surface area (Å²) in [5.41, 5.74) is 2.18. The Morgan fingerprint density at radius 1 is 1.33 bits per heavy atom. The van der Waals surface area contributed by atoms with Crippen molar-refractivity contribution in [2.24, 2.45) is 5.92 Å². The van der Waals surface area contributed by atoms with Crippen molar-refractivity contribution >= 4 is 27.3 Å². The third-order valence-electron chi connectivity index (χ3n) is 2.84. The van der Waals surface area contributed by atoms with Crippen LogP contribution in [0.5, 0.6) is 0 Å². The minimum atomic E-state index is 0.563. The molecule has 1 aromatic heterocycles. The van der Waals surface area contributed by atoms with Crippen molar-refractivity contribution < 1.29 is 4.74 Å². The Balaban J connectivity index is 1.72. The zero-order valence-electron chi connectivity index (χ0n) is 12.4. The number of ether oxygens (including phenoxy) is 1. The molecule has 0 aliphatic rings. The summed E-state index contributed by atoms with van der Waals surface area (Å²) in [5.74, 6) is 0.665. The summed E-state index contributed by atoms with van der Waals surface area (Å²) in [6.45, 7) is 7.44. The number of hydrogen-bond acceptors (Lipinski definition) is 4. The van der Waals surface area contributed by atoms with Gasteiger partial charge in [0.05, 0.1) is 18.9 Å². The van der Waals surface area contributed by atoms with E-state index < -0.39 is 0 Å². The zero-order chi connectivity index (χ0) is 15.1. The van der Waals surface area contributed by atoms with Crippen molar-refractivity contribution in [2.45, 2.75) is 33.6 Å². The van der Waals surface area contributed by atoms with Gasteiger partial charge in [-0.1, -0.05) is 41.9 Å². The van der Waals surface area contributed by atoms with Crippen LogP contribution in [0.2, 0.25) is 0 Å². The van der Waals surface area contributed by atoms with Gasteiger partial charge in [-0.3, -0.25) is 0 Å². The molecule has 2 rings (SSSR count). The number of thiazole rings is 1. The Bertz CT molecular complexity index is 557. The molecule has 0 aliphatic heterocycles. The van der Waals surface area contributed by atoms with Gasteiger partial charge in [0.25, 0.3) is 0 Å². The van der Waals surface area contributed by atoms with Crippen LogP contribution in [0.1, 0.15) is 30.1 Å². The first-order valence-electron chi connectivity index (χ1n) is 7.09. The van der Waals surface area contributed by atoms with Crippen LogP contribution in [0.4, 0.5) is 0 Å². The molecule has 0 amide bonds. The second-order valence-electron chi connectivity index (χ2n) is 5.38. The first-order chi connectivity index (χ1) is 10.1. The minimum absolute atomic E-state index is 0.563. The number of aromatic nitrogens is 1. The summed E-state index contributed by atoms with van der Waals surface area (Å²) in [6.07, 6.45) is 0. The molecule has 0 aliphatic carbocycles. The summed E-state index contributed by atoms with van der Waals surface area (Å²) in [5, 5.41) is 6.60. The number of benzene rings is 1. The molecule has 2 aromatic rings. The van der Waals surface area contributed by atoms with Gasteiger partial charge in [0, 0.05) is 16.4 Å². The predicted octanol–water partition coefficient (Wildman–Crippen LogP) is 4.37. The van der Waals surface area contributed by atoms with Gasteiger partial charge in [0.15, 0.2) is 0 Å². The number of hydrogen-bond donors (Lipinski definition) is 1. The molecule has 0 saturated heterocycles. The van der Waals surface area contributed by atoms with Crippen molar-refractivity contribution in [3.63, 3.8) is 0 Å². The normalized spacial score (nSPS) is 11.2. The van der Waals surface area contributed by atoms with E-state index >= 15 is 0 Å². The third-order valence-corrected chi connectivity index (χ3v) is 4.23. The van der Waals surface area contributed by atoms with Crippen molar-refractivity contribution in [3.05, 3.63) is 50.4 Å². The third kappa shape index (κ3) is 6.26. The minimum Gasteiger partial charge on any atom is -0.370 e. The molecule has 0 fully saturated rings. The lowest BCUT2D eigenvalue weighted by Crippen LogP contribution is -2.18. The van der Waals surface area contributed by atoms with Crippen molar-refractivity contribution in [2.75, 3.05) is 6.54 Å². The number of nitrogens with one attached hydrogen (secondary N) is 1. The van der Waals surface area contributed by atoms with Crippen LogP contribution in [-0.4, -0.2) is 11.5 Å². The van der Waals surface area contributed by atoms with Crippen molar-refractivity contribution in [1.82, 2.24) is 10.3 Å². The fourth-order valence-electron chi connectivity index (χ4n) is 1.86. The quantitative estimate of drug-likeness (QED) is 0.750. The van der Waals surface area contributed by atoms with E-state index in [0.29, 0.717) is 19.1 Å². The van der Waals surface area contributed by atoms with Crippen LogP contribution >= 0.6 is 27.3 Å². The molecule has 3 nitrogen and oxygen atoms in total. The largest absolute Gasteiger partial charge is 0.370 e. The first kappa shape index (κ1) is 16.6. The standard InChI is InChI=1S/C16H21BrN2OS/c1-12(2)7-18-8-16-19-15(11-21-16)10-20-9-13-4-3-5-14(17)6-13/h3-6,11-12,18H,7-10H2,1-2H3. The van der Waals surface area contributed by atoms with Gasteiger partial charge >= 0.3 is 0 Å². The summed E-state index contributed by atoms with van der Waals surface area (Å²) in [6, 6.07) is 8.17. The lowest BCUT2D eigenvalue weighted by atomic mass is 10.2. The molecule has 21 heavy (non-hydrogen) atoms. The van der Waals surface area contributed by atoms with Crippen molar-refractivity contribution in [1.29, 1.82) is 0 Å². The van der Waals surface area contributed by atoms with Crippen LogP contribution in [0.15, 0.2) is 34.1 Å². The maximum Gasteiger partial charge on any atom is 0.107 e. The van der Waals surface area contributed by atoms with Crippen molar-refractivity contribution in [3.8, 4) is 0 Å². The van der Waals surface area contributed by atoms with E-state index in [1.54, 1.807) is 11.3 Å². The summed E-state index contributed by atoms with van der Waals surface area (Å²) in [4.78, 5) is 4.58. The molecule has 1 aromatic carbocycles. The van der Waals surface area contributed by atoms with E-state index in [-0.39, 0.29) is 0 Å². The predicted molar refractivity (Wildman–Crippen MR) is 91.3 cm³/mol. The van der Waals surface area contributed by atoms with E-state index in [0.717, 1.165) is 28.3 Å². The molecular formula is C16H21BrN2OS. The Labute approximate surface area is 138 Å². The van der Waals surface area contributed by atoms with Gasteiger partial charge in [-0.25, -0.2) is 4.98 Å². The summed E-state index contributed by atoms with van der Waals surface area (Å²) >= 11 is 5.15. The number of halogens is 1. The van der Waals surface area contributed by atoms with Gasteiger partial charge < -0.3 is 10.1 Å². The number of rotatable bonds is 8. The highest BCUT2D eigenvalue weighted by molar-refractivity contribution is 9.10. The Morgan fingerprint density at radius 3 is 2.95 bits per heavy atom. The van der Waals surface area contributed by atoms with Crippen LogP contribution in [0, 0.1) is 5.92 Å². The molecule has 0 radical (unpaired) electrons. The highest BCUT2D eigenvalue weighted by atomic mass is 79.9. The van der Waals surface area contributed by atoms with Crippen LogP contribution in [0.3, 0.4) is 0 Å². The first-order valence-corrected chi connectivity index (χ1v) is 8.77. The van der Waals surface area contributed by atoms with Crippen LogP contribution < -0.4 is 5.32 Å². The number of nitrogens with zero attached hydrogens (tertiary/aromatic N) is 1. The summed E-state index contributed by atoms with van der Waals surface area (Å²) in [7, 11) is 0. The van der Waals surface area contributed by atoms with Gasteiger partial charge in [-0.15, -0.1) is 11.3 Å². The molecule has 114 valence electrons. The lowest BCUT2D eigenvalue weighted by molar-refractivity contribution is 0.105. The summed E-state index contributed by atoms with van der Waals surface area (Å²) < 4.78 is 6.80. The van der Waals surface area contributed by atoms with E-state index in [2.05, 4.69) is 57.6 Å².